The van der Waals surface area contributed by atoms with Gasteiger partial charge in [0.2, 0.25) is 0 Å². The molecule has 2 saturated carbocycles. The average molecular weight is 227 g/mol. The molecule has 3 N–H and O–H groups in total. The van der Waals surface area contributed by atoms with Crippen LogP contribution >= 0.6 is 0 Å². The lowest BCUT2D eigenvalue weighted by Gasteiger charge is -2.21. The van der Waals surface area contributed by atoms with Crippen LogP contribution in [0, 0.1) is 17.8 Å². The minimum Gasteiger partial charge on any atom is -0.480 e. The fraction of sp³-hybridized carbons (Fsp3) is 0.917. The van der Waals surface area contributed by atoms with Crippen molar-refractivity contribution < 1.29 is 15.0 Å². The van der Waals surface area contributed by atoms with Crippen LogP contribution in [0.25, 0.3) is 0 Å². The first-order valence-corrected chi connectivity index (χ1v) is 6.29. The van der Waals surface area contributed by atoms with E-state index in [4.69, 9.17) is 5.11 Å². The first-order valence-electron chi connectivity index (χ1n) is 6.29. The normalized spacial score (nSPS) is 31.6. The molecule has 0 spiro atoms. The highest BCUT2D eigenvalue weighted by molar-refractivity contribution is 5.74. The number of aliphatic carboxylic acids is 1. The molecular weight excluding hydrogens is 206 g/mol. The second-order valence-electron chi connectivity index (χ2n) is 5.20. The molecule has 16 heavy (non-hydrogen) atoms. The summed E-state index contributed by atoms with van der Waals surface area (Å²) in [7, 11) is 0. The Morgan fingerprint density at radius 1 is 1.25 bits per heavy atom. The maximum atomic E-state index is 11.0. The molecular formula is C12H21NO3. The molecule has 2 fully saturated rings. The van der Waals surface area contributed by atoms with Crippen molar-refractivity contribution in [1.29, 1.82) is 0 Å². The van der Waals surface area contributed by atoms with Gasteiger partial charge in [-0.05, 0) is 50.0 Å². The number of aliphatic hydroxyl groups is 1. The van der Waals surface area contributed by atoms with Crippen molar-refractivity contribution in [3.05, 3.63) is 0 Å². The summed E-state index contributed by atoms with van der Waals surface area (Å²) in [5, 5.41) is 21.4. The molecule has 0 heterocycles. The third kappa shape index (κ3) is 2.74. The lowest BCUT2D eigenvalue weighted by Crippen LogP contribution is -2.41. The van der Waals surface area contributed by atoms with Gasteiger partial charge >= 0.3 is 5.97 Å². The molecule has 0 aromatic rings. The SMILES string of the molecule is O=C(O)C(NCC1CCCC1CO)C1CC1. The Hall–Kier alpha value is -0.610. The summed E-state index contributed by atoms with van der Waals surface area (Å²) < 4.78 is 0. The van der Waals surface area contributed by atoms with Gasteiger partial charge in [0, 0.05) is 6.61 Å². The van der Waals surface area contributed by atoms with Gasteiger partial charge in [-0.3, -0.25) is 4.79 Å². The van der Waals surface area contributed by atoms with Crippen LogP contribution in [-0.4, -0.2) is 35.4 Å². The summed E-state index contributed by atoms with van der Waals surface area (Å²) in [6.07, 6.45) is 5.45. The van der Waals surface area contributed by atoms with E-state index < -0.39 is 5.97 Å². The summed E-state index contributed by atoms with van der Waals surface area (Å²) in [6, 6.07) is -0.361. The van der Waals surface area contributed by atoms with E-state index in [2.05, 4.69) is 5.32 Å². The van der Waals surface area contributed by atoms with E-state index in [1.165, 1.54) is 6.42 Å². The molecule has 0 aromatic carbocycles. The predicted molar refractivity (Wildman–Crippen MR) is 60.1 cm³/mol. The van der Waals surface area contributed by atoms with Crippen molar-refractivity contribution in [3.63, 3.8) is 0 Å². The summed E-state index contributed by atoms with van der Waals surface area (Å²) in [6.45, 7) is 0.992. The monoisotopic (exact) mass is 227 g/mol. The third-order valence-corrected chi connectivity index (χ3v) is 4.01. The summed E-state index contributed by atoms with van der Waals surface area (Å²) in [5.74, 6) is 0.458. The van der Waals surface area contributed by atoms with Crippen molar-refractivity contribution in [2.24, 2.45) is 17.8 Å². The van der Waals surface area contributed by atoms with E-state index in [1.807, 2.05) is 0 Å². The van der Waals surface area contributed by atoms with E-state index in [9.17, 15) is 9.90 Å². The second kappa shape index (κ2) is 5.15. The Morgan fingerprint density at radius 3 is 2.50 bits per heavy atom. The number of hydrogen-bond donors (Lipinski definition) is 3. The molecule has 0 bridgehead atoms. The van der Waals surface area contributed by atoms with Crippen molar-refractivity contribution in [1.82, 2.24) is 5.32 Å². The van der Waals surface area contributed by atoms with Crippen LogP contribution in [0.5, 0.6) is 0 Å². The highest BCUT2D eigenvalue weighted by Gasteiger charge is 2.37. The number of carboxylic acids is 1. The summed E-state index contributed by atoms with van der Waals surface area (Å²) in [5.41, 5.74) is 0. The van der Waals surface area contributed by atoms with Gasteiger partial charge in [-0.2, -0.15) is 0 Å². The van der Waals surface area contributed by atoms with Crippen molar-refractivity contribution in [2.45, 2.75) is 38.1 Å². The topological polar surface area (TPSA) is 69.6 Å². The molecule has 2 aliphatic carbocycles. The van der Waals surface area contributed by atoms with Crippen molar-refractivity contribution >= 4 is 5.97 Å². The Balaban J connectivity index is 1.78. The number of aliphatic hydroxyl groups excluding tert-OH is 1. The average Bonchev–Trinajstić information content (AvgIpc) is 2.97. The lowest BCUT2D eigenvalue weighted by atomic mass is 9.96. The molecule has 2 rings (SSSR count). The van der Waals surface area contributed by atoms with Gasteiger partial charge in [0.25, 0.3) is 0 Å². The summed E-state index contributed by atoms with van der Waals surface area (Å²) in [4.78, 5) is 11.0. The zero-order valence-corrected chi connectivity index (χ0v) is 9.56. The Kier molecular flexibility index (Phi) is 3.82. The number of carbonyl (C=O) groups is 1. The molecule has 92 valence electrons. The Morgan fingerprint density at radius 2 is 1.94 bits per heavy atom. The van der Waals surface area contributed by atoms with E-state index in [-0.39, 0.29) is 12.6 Å². The minimum atomic E-state index is -0.721. The molecule has 0 aliphatic heterocycles. The van der Waals surface area contributed by atoms with Gasteiger partial charge < -0.3 is 15.5 Å². The maximum absolute atomic E-state index is 11.0. The number of rotatable bonds is 6. The quantitative estimate of drug-likeness (QED) is 0.629. The molecule has 0 saturated heterocycles. The van der Waals surface area contributed by atoms with Crippen LogP contribution < -0.4 is 5.32 Å². The predicted octanol–water partition coefficient (Wildman–Crippen LogP) is 0.848. The highest BCUT2D eigenvalue weighted by atomic mass is 16.4. The van der Waals surface area contributed by atoms with Crippen LogP contribution in [0.2, 0.25) is 0 Å². The van der Waals surface area contributed by atoms with Gasteiger partial charge in [0.15, 0.2) is 0 Å². The standard InChI is InChI=1S/C12H21NO3/c14-7-10-3-1-2-9(10)6-13-11(12(15)16)8-4-5-8/h8-11,13-14H,1-7H2,(H,15,16). The van der Waals surface area contributed by atoms with Gasteiger partial charge in [-0.15, -0.1) is 0 Å². The first-order chi connectivity index (χ1) is 7.72. The molecule has 3 unspecified atom stereocenters. The fourth-order valence-corrected chi connectivity index (χ4v) is 2.79. The fourth-order valence-electron chi connectivity index (χ4n) is 2.79. The van der Waals surface area contributed by atoms with Gasteiger partial charge in [0.1, 0.15) is 6.04 Å². The van der Waals surface area contributed by atoms with Crippen LogP contribution in [-0.2, 0) is 4.79 Å². The van der Waals surface area contributed by atoms with Crippen molar-refractivity contribution in [2.75, 3.05) is 13.2 Å². The minimum absolute atomic E-state index is 0.244. The summed E-state index contributed by atoms with van der Waals surface area (Å²) >= 11 is 0. The smallest absolute Gasteiger partial charge is 0.320 e. The van der Waals surface area contributed by atoms with Crippen LogP contribution in [0.15, 0.2) is 0 Å². The van der Waals surface area contributed by atoms with Crippen LogP contribution in [0.3, 0.4) is 0 Å². The Labute approximate surface area is 96.0 Å². The van der Waals surface area contributed by atoms with Crippen LogP contribution in [0.1, 0.15) is 32.1 Å². The first kappa shape index (κ1) is 11.9. The van der Waals surface area contributed by atoms with E-state index in [0.717, 1.165) is 32.2 Å². The number of carboxylic acid groups (broad SMARTS) is 1. The number of hydrogen-bond acceptors (Lipinski definition) is 3. The largest absolute Gasteiger partial charge is 0.480 e. The van der Waals surface area contributed by atoms with E-state index in [0.29, 0.717) is 17.8 Å². The molecule has 4 heteroatoms. The maximum Gasteiger partial charge on any atom is 0.320 e. The molecule has 3 atom stereocenters. The highest BCUT2D eigenvalue weighted by Crippen LogP contribution is 2.34. The van der Waals surface area contributed by atoms with Gasteiger partial charge in [0.05, 0.1) is 0 Å². The lowest BCUT2D eigenvalue weighted by molar-refractivity contribution is -0.140. The molecule has 0 radical (unpaired) electrons. The van der Waals surface area contributed by atoms with E-state index >= 15 is 0 Å². The second-order valence-corrected chi connectivity index (χ2v) is 5.20. The third-order valence-electron chi connectivity index (χ3n) is 4.01. The molecule has 4 nitrogen and oxygen atoms in total. The zero-order valence-electron chi connectivity index (χ0n) is 9.56. The molecule has 0 amide bonds. The number of nitrogens with one attached hydrogen (secondary N) is 1. The van der Waals surface area contributed by atoms with Gasteiger partial charge in [-0.1, -0.05) is 6.42 Å². The molecule has 2 aliphatic rings. The molecule has 0 aromatic heterocycles. The van der Waals surface area contributed by atoms with Crippen LogP contribution in [0.4, 0.5) is 0 Å². The van der Waals surface area contributed by atoms with E-state index in [1.54, 1.807) is 0 Å². The Bertz CT molecular complexity index is 253. The van der Waals surface area contributed by atoms with Crippen molar-refractivity contribution in [3.8, 4) is 0 Å². The zero-order chi connectivity index (χ0) is 11.5. The van der Waals surface area contributed by atoms with Gasteiger partial charge in [-0.25, -0.2) is 0 Å².